The molecule has 0 aliphatic carbocycles. The van der Waals surface area contributed by atoms with Crippen LogP contribution in [0.4, 0.5) is 5.69 Å². The van der Waals surface area contributed by atoms with Gasteiger partial charge in [-0.05, 0) is 18.2 Å². The molecule has 2 aromatic rings. The first-order valence-electron chi connectivity index (χ1n) is 6.02. The lowest BCUT2D eigenvalue weighted by Gasteiger charge is -2.29. The lowest BCUT2D eigenvalue weighted by molar-refractivity contribution is 0.100. The summed E-state index contributed by atoms with van der Waals surface area (Å²) in [5.41, 5.74) is 7.67. The Morgan fingerprint density at radius 1 is 1.25 bits per heavy atom. The summed E-state index contributed by atoms with van der Waals surface area (Å²) in [7, 11) is 0. The molecule has 1 aromatic carbocycles. The lowest BCUT2D eigenvalue weighted by atomic mass is 10.1. The third-order valence-electron chi connectivity index (χ3n) is 3.27. The molecule has 1 saturated heterocycles. The van der Waals surface area contributed by atoms with Gasteiger partial charge in [0.15, 0.2) is 5.58 Å². The zero-order valence-electron chi connectivity index (χ0n) is 10.8. The predicted molar refractivity (Wildman–Crippen MR) is 84.3 cm³/mol. The van der Waals surface area contributed by atoms with E-state index in [1.54, 1.807) is 12.3 Å². The van der Waals surface area contributed by atoms with Crippen molar-refractivity contribution in [3.05, 3.63) is 30.0 Å². The molecule has 2 heterocycles. The molecule has 110 valence electrons. The van der Waals surface area contributed by atoms with Crippen molar-refractivity contribution in [1.29, 1.82) is 0 Å². The maximum Gasteiger partial charge on any atom is 0.248 e. The second kappa shape index (κ2) is 6.83. The highest BCUT2D eigenvalue weighted by molar-refractivity contribution is 6.01. The van der Waals surface area contributed by atoms with E-state index in [0.29, 0.717) is 5.56 Å². The van der Waals surface area contributed by atoms with Crippen LogP contribution in [0.25, 0.3) is 11.0 Å². The highest BCUT2D eigenvalue weighted by Crippen LogP contribution is 2.29. The molecule has 0 atom stereocenters. The van der Waals surface area contributed by atoms with E-state index in [-0.39, 0.29) is 24.8 Å². The molecular weight excluding hydrogens is 301 g/mol. The minimum absolute atomic E-state index is 0. The lowest BCUT2D eigenvalue weighted by Crippen LogP contribution is -2.43. The number of anilines is 1. The van der Waals surface area contributed by atoms with Gasteiger partial charge in [0.2, 0.25) is 5.91 Å². The van der Waals surface area contributed by atoms with E-state index < -0.39 is 5.91 Å². The number of carbonyl (C=O) groups excluding carboxylic acids is 1. The summed E-state index contributed by atoms with van der Waals surface area (Å²) < 4.78 is 5.52. The van der Waals surface area contributed by atoms with Crippen LogP contribution in [0.15, 0.2) is 28.9 Å². The van der Waals surface area contributed by atoms with Gasteiger partial charge in [-0.2, -0.15) is 0 Å². The molecule has 0 radical (unpaired) electrons. The number of amides is 1. The molecule has 1 aliphatic rings. The van der Waals surface area contributed by atoms with Gasteiger partial charge in [-0.1, -0.05) is 0 Å². The SMILES string of the molecule is Cl.Cl.NC(=O)c1cc(N2CCNCC2)c2occc2c1. The zero-order chi connectivity index (χ0) is 12.5. The number of halogens is 2. The molecule has 0 saturated carbocycles. The number of benzene rings is 1. The Labute approximate surface area is 129 Å². The molecule has 0 bridgehead atoms. The van der Waals surface area contributed by atoms with Crippen molar-refractivity contribution in [3.8, 4) is 0 Å². The summed E-state index contributed by atoms with van der Waals surface area (Å²) in [6, 6.07) is 5.44. The fourth-order valence-electron chi connectivity index (χ4n) is 2.35. The van der Waals surface area contributed by atoms with E-state index in [2.05, 4.69) is 10.2 Å². The fourth-order valence-corrected chi connectivity index (χ4v) is 2.35. The van der Waals surface area contributed by atoms with Gasteiger partial charge in [0, 0.05) is 37.1 Å². The van der Waals surface area contributed by atoms with Crippen molar-refractivity contribution in [2.45, 2.75) is 0 Å². The molecule has 1 amide bonds. The third kappa shape index (κ3) is 3.00. The highest BCUT2D eigenvalue weighted by Gasteiger charge is 2.17. The number of hydrogen-bond donors (Lipinski definition) is 2. The molecular formula is C13H17Cl2N3O2. The summed E-state index contributed by atoms with van der Waals surface area (Å²) in [6.07, 6.45) is 1.64. The van der Waals surface area contributed by atoms with Crippen molar-refractivity contribution in [3.63, 3.8) is 0 Å². The molecule has 0 unspecified atom stereocenters. The predicted octanol–water partition coefficient (Wildman–Crippen LogP) is 1.78. The number of rotatable bonds is 2. The third-order valence-corrected chi connectivity index (χ3v) is 3.27. The molecule has 5 nitrogen and oxygen atoms in total. The number of carbonyl (C=O) groups is 1. The van der Waals surface area contributed by atoms with Gasteiger partial charge in [-0.3, -0.25) is 4.79 Å². The summed E-state index contributed by atoms with van der Waals surface area (Å²) in [4.78, 5) is 13.6. The van der Waals surface area contributed by atoms with Crippen molar-refractivity contribution in [1.82, 2.24) is 5.32 Å². The van der Waals surface area contributed by atoms with Crippen LogP contribution in [-0.2, 0) is 0 Å². The van der Waals surface area contributed by atoms with Crippen LogP contribution in [0.5, 0.6) is 0 Å². The van der Waals surface area contributed by atoms with Gasteiger partial charge in [0.1, 0.15) is 0 Å². The Balaban J connectivity index is 0.000001000. The van der Waals surface area contributed by atoms with Crippen LogP contribution in [-0.4, -0.2) is 32.1 Å². The normalized spacial score (nSPS) is 14.5. The average Bonchev–Trinajstić information content (AvgIpc) is 2.86. The van der Waals surface area contributed by atoms with Gasteiger partial charge in [-0.15, -0.1) is 24.8 Å². The Hall–Kier alpha value is -1.43. The summed E-state index contributed by atoms with van der Waals surface area (Å²) in [5.74, 6) is -0.408. The van der Waals surface area contributed by atoms with Crippen molar-refractivity contribution in [2.24, 2.45) is 5.73 Å². The Kier molecular flexibility index (Phi) is 5.68. The van der Waals surface area contributed by atoms with Gasteiger partial charge >= 0.3 is 0 Å². The maximum atomic E-state index is 11.4. The van der Waals surface area contributed by atoms with Crippen molar-refractivity contribution < 1.29 is 9.21 Å². The molecule has 1 fully saturated rings. The molecule has 1 aliphatic heterocycles. The standard InChI is InChI=1S/C13H15N3O2.2ClH/c14-13(17)10-7-9-1-6-18-12(9)11(8-10)16-4-2-15-3-5-16;;/h1,6-8,15H,2-5H2,(H2,14,17);2*1H. The molecule has 3 N–H and O–H groups in total. The Bertz CT molecular complexity index is 594. The monoisotopic (exact) mass is 317 g/mol. The summed E-state index contributed by atoms with van der Waals surface area (Å²) >= 11 is 0. The first-order valence-corrected chi connectivity index (χ1v) is 6.02. The van der Waals surface area contributed by atoms with Gasteiger partial charge in [0.25, 0.3) is 0 Å². The smallest absolute Gasteiger partial charge is 0.248 e. The molecule has 1 aromatic heterocycles. The highest BCUT2D eigenvalue weighted by atomic mass is 35.5. The van der Waals surface area contributed by atoms with Crippen LogP contribution in [0.1, 0.15) is 10.4 Å². The first kappa shape index (κ1) is 16.6. The Morgan fingerprint density at radius 3 is 2.60 bits per heavy atom. The van der Waals surface area contributed by atoms with Gasteiger partial charge in [0.05, 0.1) is 12.0 Å². The number of nitrogens with zero attached hydrogens (tertiary/aromatic N) is 1. The largest absolute Gasteiger partial charge is 0.462 e. The second-order valence-electron chi connectivity index (χ2n) is 4.44. The Morgan fingerprint density at radius 2 is 1.95 bits per heavy atom. The van der Waals surface area contributed by atoms with Crippen LogP contribution >= 0.6 is 24.8 Å². The fraction of sp³-hybridized carbons (Fsp3) is 0.308. The van der Waals surface area contributed by atoms with Crippen LogP contribution in [0.3, 0.4) is 0 Å². The number of fused-ring (bicyclic) bond motifs is 1. The van der Waals surface area contributed by atoms with Crippen molar-refractivity contribution >= 4 is 47.4 Å². The quantitative estimate of drug-likeness (QED) is 0.885. The van der Waals surface area contributed by atoms with E-state index in [9.17, 15) is 4.79 Å². The minimum atomic E-state index is -0.408. The van der Waals surface area contributed by atoms with Gasteiger partial charge < -0.3 is 20.4 Å². The average molecular weight is 318 g/mol. The molecule has 0 spiro atoms. The molecule has 20 heavy (non-hydrogen) atoms. The number of hydrogen-bond acceptors (Lipinski definition) is 4. The summed E-state index contributed by atoms with van der Waals surface area (Å²) in [5, 5.41) is 4.22. The number of piperazine rings is 1. The summed E-state index contributed by atoms with van der Waals surface area (Å²) in [6.45, 7) is 3.67. The topological polar surface area (TPSA) is 71.5 Å². The zero-order valence-corrected chi connectivity index (χ0v) is 12.4. The van der Waals surface area contributed by atoms with Gasteiger partial charge in [-0.25, -0.2) is 0 Å². The number of nitrogens with one attached hydrogen (secondary N) is 1. The van der Waals surface area contributed by atoms with Crippen LogP contribution in [0.2, 0.25) is 0 Å². The molecule has 7 heteroatoms. The van der Waals surface area contributed by atoms with E-state index >= 15 is 0 Å². The minimum Gasteiger partial charge on any atom is -0.462 e. The van der Waals surface area contributed by atoms with Crippen LogP contribution < -0.4 is 16.0 Å². The first-order chi connectivity index (χ1) is 8.75. The van der Waals surface area contributed by atoms with E-state index in [4.69, 9.17) is 10.2 Å². The number of nitrogens with two attached hydrogens (primary N) is 1. The number of furan rings is 1. The van der Waals surface area contributed by atoms with Crippen molar-refractivity contribution in [2.75, 3.05) is 31.1 Å². The van der Waals surface area contributed by atoms with E-state index in [1.165, 1.54) is 0 Å². The number of primary amides is 1. The van der Waals surface area contributed by atoms with Crippen LogP contribution in [0, 0.1) is 0 Å². The maximum absolute atomic E-state index is 11.4. The second-order valence-corrected chi connectivity index (χ2v) is 4.44. The van der Waals surface area contributed by atoms with E-state index in [1.807, 2.05) is 12.1 Å². The van der Waals surface area contributed by atoms with E-state index in [0.717, 1.165) is 42.8 Å². The molecule has 3 rings (SSSR count).